The number of hydrogen-bond donors (Lipinski definition) is 1. The van der Waals surface area contributed by atoms with E-state index in [0.717, 1.165) is 0 Å². The van der Waals surface area contributed by atoms with Gasteiger partial charge in [-0.15, -0.1) is 11.3 Å². The number of thiazole rings is 1. The van der Waals surface area contributed by atoms with Gasteiger partial charge < -0.3 is 9.47 Å². The fourth-order valence-electron chi connectivity index (χ4n) is 1.20. The van der Waals surface area contributed by atoms with Crippen LogP contribution in [0.2, 0.25) is 0 Å². The van der Waals surface area contributed by atoms with Gasteiger partial charge in [0.25, 0.3) is 0 Å². The Morgan fingerprint density at radius 3 is 3.06 bits per heavy atom. The van der Waals surface area contributed by atoms with Crippen LogP contribution in [0.5, 0.6) is 0 Å². The molecule has 16 heavy (non-hydrogen) atoms. The van der Waals surface area contributed by atoms with Crippen molar-refractivity contribution in [3.63, 3.8) is 0 Å². The summed E-state index contributed by atoms with van der Waals surface area (Å²) in [6.45, 7) is 3.27. The summed E-state index contributed by atoms with van der Waals surface area (Å²) in [5.74, 6) is -0.301. The second-order valence-electron chi connectivity index (χ2n) is 3.05. The third-order valence-electron chi connectivity index (χ3n) is 1.92. The van der Waals surface area contributed by atoms with Gasteiger partial charge in [0, 0.05) is 19.0 Å². The number of ether oxygens (including phenoxy) is 2. The Labute approximate surface area is 98.8 Å². The average Bonchev–Trinajstić information content (AvgIpc) is 2.78. The summed E-state index contributed by atoms with van der Waals surface area (Å²) in [4.78, 5) is 15.8. The highest BCUT2D eigenvalue weighted by atomic mass is 32.1. The fourth-order valence-corrected chi connectivity index (χ4v) is 1.78. The molecule has 0 aliphatic carbocycles. The molecule has 0 bridgehead atoms. The number of esters is 1. The molecule has 0 fully saturated rings. The van der Waals surface area contributed by atoms with E-state index < -0.39 is 6.04 Å². The number of methoxy groups -OCH3 is 1. The van der Waals surface area contributed by atoms with E-state index in [0.29, 0.717) is 25.5 Å². The molecular weight excluding hydrogens is 228 g/mol. The van der Waals surface area contributed by atoms with E-state index in [1.165, 1.54) is 11.3 Å². The van der Waals surface area contributed by atoms with Crippen LogP contribution >= 0.6 is 11.3 Å². The van der Waals surface area contributed by atoms with Gasteiger partial charge in [0.1, 0.15) is 6.04 Å². The Morgan fingerprint density at radius 1 is 1.69 bits per heavy atom. The number of rotatable bonds is 7. The second-order valence-corrected chi connectivity index (χ2v) is 3.76. The van der Waals surface area contributed by atoms with Gasteiger partial charge in [-0.05, 0) is 6.92 Å². The summed E-state index contributed by atoms with van der Waals surface area (Å²) in [7, 11) is 1.61. The Kier molecular flexibility index (Phi) is 5.99. The molecule has 1 N–H and O–H groups in total. The minimum absolute atomic E-state index is 0.301. The molecule has 0 aromatic carbocycles. The standard InChI is InChI=1S/C10H16N2O3S/c1-3-15-10(13)9(11-4-5-14-2)8-6-16-7-12-8/h6-7,9,11H,3-5H2,1-2H3. The first-order valence-corrected chi connectivity index (χ1v) is 6.01. The second kappa shape index (κ2) is 7.32. The van der Waals surface area contributed by atoms with Crippen LogP contribution in [-0.2, 0) is 14.3 Å². The lowest BCUT2D eigenvalue weighted by Gasteiger charge is -2.14. The SMILES string of the molecule is CCOC(=O)C(NCCOC)c1cscn1. The van der Waals surface area contributed by atoms with Gasteiger partial charge in [0.05, 0.1) is 24.4 Å². The predicted molar refractivity (Wildman–Crippen MR) is 61.4 cm³/mol. The van der Waals surface area contributed by atoms with Crippen molar-refractivity contribution in [2.24, 2.45) is 0 Å². The molecule has 1 aromatic rings. The summed E-state index contributed by atoms with van der Waals surface area (Å²) < 4.78 is 9.90. The van der Waals surface area contributed by atoms with Crippen LogP contribution in [-0.4, -0.2) is 37.8 Å². The van der Waals surface area contributed by atoms with Crippen LogP contribution in [0, 0.1) is 0 Å². The lowest BCUT2D eigenvalue weighted by Crippen LogP contribution is -2.32. The minimum Gasteiger partial charge on any atom is -0.465 e. The fraction of sp³-hybridized carbons (Fsp3) is 0.600. The van der Waals surface area contributed by atoms with E-state index in [9.17, 15) is 4.79 Å². The number of nitrogens with zero attached hydrogens (tertiary/aromatic N) is 1. The van der Waals surface area contributed by atoms with E-state index in [-0.39, 0.29) is 5.97 Å². The van der Waals surface area contributed by atoms with Crippen LogP contribution in [0.25, 0.3) is 0 Å². The normalized spacial score (nSPS) is 12.4. The Hall–Kier alpha value is -0.980. The van der Waals surface area contributed by atoms with Crippen molar-refractivity contribution in [2.75, 3.05) is 26.9 Å². The third kappa shape index (κ3) is 3.88. The number of hydrogen-bond acceptors (Lipinski definition) is 6. The van der Waals surface area contributed by atoms with Gasteiger partial charge in [-0.2, -0.15) is 0 Å². The molecule has 0 aliphatic heterocycles. The van der Waals surface area contributed by atoms with Gasteiger partial charge in [0.15, 0.2) is 0 Å². The lowest BCUT2D eigenvalue weighted by atomic mass is 10.2. The van der Waals surface area contributed by atoms with Crippen molar-refractivity contribution in [3.8, 4) is 0 Å². The lowest BCUT2D eigenvalue weighted by molar-refractivity contribution is -0.146. The van der Waals surface area contributed by atoms with E-state index in [2.05, 4.69) is 10.3 Å². The van der Waals surface area contributed by atoms with E-state index in [1.54, 1.807) is 19.5 Å². The molecule has 1 aromatic heterocycles. The molecule has 0 aliphatic rings. The average molecular weight is 244 g/mol. The van der Waals surface area contributed by atoms with Gasteiger partial charge in [-0.25, -0.2) is 9.78 Å². The van der Waals surface area contributed by atoms with Crippen LogP contribution in [0.3, 0.4) is 0 Å². The van der Waals surface area contributed by atoms with Gasteiger partial charge in [-0.1, -0.05) is 0 Å². The Bertz CT molecular complexity index is 303. The highest BCUT2D eigenvalue weighted by molar-refractivity contribution is 7.07. The van der Waals surface area contributed by atoms with Gasteiger partial charge in [0.2, 0.25) is 0 Å². The number of carbonyl (C=O) groups is 1. The summed E-state index contributed by atoms with van der Waals surface area (Å²) >= 11 is 1.45. The molecule has 5 nitrogen and oxygen atoms in total. The van der Waals surface area contributed by atoms with Crippen molar-refractivity contribution in [1.82, 2.24) is 10.3 Å². The summed E-state index contributed by atoms with van der Waals surface area (Å²) in [5.41, 5.74) is 2.39. The zero-order chi connectivity index (χ0) is 11.8. The zero-order valence-electron chi connectivity index (χ0n) is 9.43. The van der Waals surface area contributed by atoms with Gasteiger partial charge in [-0.3, -0.25) is 5.32 Å². The molecule has 0 saturated carbocycles. The van der Waals surface area contributed by atoms with Crippen LogP contribution in [0.1, 0.15) is 18.7 Å². The number of nitrogens with one attached hydrogen (secondary N) is 1. The molecule has 0 radical (unpaired) electrons. The topological polar surface area (TPSA) is 60.5 Å². The van der Waals surface area contributed by atoms with Crippen molar-refractivity contribution in [2.45, 2.75) is 13.0 Å². The number of aromatic nitrogens is 1. The molecule has 0 spiro atoms. The van der Waals surface area contributed by atoms with E-state index in [4.69, 9.17) is 9.47 Å². The molecule has 1 unspecified atom stereocenters. The monoisotopic (exact) mass is 244 g/mol. The summed E-state index contributed by atoms with van der Waals surface area (Å²) in [6.07, 6.45) is 0. The highest BCUT2D eigenvalue weighted by Crippen LogP contribution is 2.14. The minimum atomic E-state index is -0.499. The van der Waals surface area contributed by atoms with Crippen molar-refractivity contribution < 1.29 is 14.3 Å². The van der Waals surface area contributed by atoms with Crippen molar-refractivity contribution in [1.29, 1.82) is 0 Å². The quantitative estimate of drug-likeness (QED) is 0.572. The zero-order valence-corrected chi connectivity index (χ0v) is 10.3. The molecule has 1 atom stereocenters. The van der Waals surface area contributed by atoms with Crippen molar-refractivity contribution >= 4 is 17.3 Å². The molecule has 1 heterocycles. The smallest absolute Gasteiger partial charge is 0.329 e. The highest BCUT2D eigenvalue weighted by Gasteiger charge is 2.22. The van der Waals surface area contributed by atoms with Crippen LogP contribution in [0.4, 0.5) is 0 Å². The maximum absolute atomic E-state index is 11.7. The first-order chi connectivity index (χ1) is 7.79. The first-order valence-electron chi connectivity index (χ1n) is 5.06. The van der Waals surface area contributed by atoms with E-state index >= 15 is 0 Å². The Morgan fingerprint density at radius 2 is 2.50 bits per heavy atom. The molecular formula is C10H16N2O3S. The predicted octanol–water partition coefficient (Wildman–Crippen LogP) is 0.983. The third-order valence-corrected chi connectivity index (χ3v) is 2.53. The van der Waals surface area contributed by atoms with Crippen LogP contribution in [0.15, 0.2) is 10.9 Å². The van der Waals surface area contributed by atoms with Crippen LogP contribution < -0.4 is 5.32 Å². The maximum Gasteiger partial charge on any atom is 0.329 e. The Balaban J connectivity index is 2.58. The van der Waals surface area contributed by atoms with E-state index in [1.807, 2.05) is 5.38 Å². The molecule has 6 heteroatoms. The van der Waals surface area contributed by atoms with Crippen molar-refractivity contribution in [3.05, 3.63) is 16.6 Å². The first kappa shape index (κ1) is 13.1. The number of carbonyl (C=O) groups excluding carboxylic acids is 1. The molecule has 0 saturated heterocycles. The maximum atomic E-state index is 11.7. The van der Waals surface area contributed by atoms with Gasteiger partial charge >= 0.3 is 5.97 Å². The molecule has 0 amide bonds. The summed E-state index contributed by atoms with van der Waals surface area (Å²) in [6, 6.07) is -0.499. The largest absolute Gasteiger partial charge is 0.465 e. The molecule has 1 rings (SSSR count). The molecule has 90 valence electrons. The summed E-state index contributed by atoms with van der Waals surface area (Å²) in [5, 5.41) is 4.89.